The maximum absolute atomic E-state index is 12.4. The van der Waals surface area contributed by atoms with E-state index in [0.29, 0.717) is 6.61 Å². The van der Waals surface area contributed by atoms with Crippen molar-refractivity contribution in [2.24, 2.45) is 0 Å². The first kappa shape index (κ1) is 16.7. The first-order valence-electron chi connectivity index (χ1n) is 8.50. The lowest BCUT2D eigenvalue weighted by Gasteiger charge is -2.20. The van der Waals surface area contributed by atoms with Crippen molar-refractivity contribution in [1.29, 1.82) is 0 Å². The molecule has 1 aliphatic rings. The van der Waals surface area contributed by atoms with Gasteiger partial charge in [-0.15, -0.1) is 11.3 Å². The molecule has 134 valence electrons. The molecule has 8 heteroatoms. The van der Waals surface area contributed by atoms with Crippen molar-refractivity contribution in [2.75, 3.05) is 6.61 Å². The maximum Gasteiger partial charge on any atom is 0.314 e. The topological polar surface area (TPSA) is 86.7 Å². The number of hydrogen-bond donors (Lipinski definition) is 0. The first-order valence-corrected chi connectivity index (χ1v) is 9.32. The highest BCUT2D eigenvalue weighted by Gasteiger charge is 2.32. The third-order valence-corrected chi connectivity index (χ3v) is 5.74. The Labute approximate surface area is 153 Å². The number of nitrogens with zero attached hydrogens (tertiary/aromatic N) is 3. The molecule has 0 radical (unpaired) electrons. The molecule has 1 atom stereocenters. The standard InChI is InChI=1S/C18H17N3O4S/c1-2-25-17(22)13-4-3-5-15-16(13)20-10-14(19-18(20)26-15)11-6-8-12(9-7-11)21(23)24/h6-10,13H,2-5H2,1H3. The van der Waals surface area contributed by atoms with Crippen molar-refractivity contribution in [3.63, 3.8) is 0 Å². The number of nitro groups is 1. The summed E-state index contributed by atoms with van der Waals surface area (Å²) in [5.41, 5.74) is 2.58. The van der Waals surface area contributed by atoms with Crippen LogP contribution < -0.4 is 0 Å². The average Bonchev–Trinajstić information content (AvgIpc) is 3.19. The summed E-state index contributed by atoms with van der Waals surface area (Å²) >= 11 is 1.60. The lowest BCUT2D eigenvalue weighted by atomic mass is 9.91. The second-order valence-electron chi connectivity index (χ2n) is 6.19. The zero-order valence-electron chi connectivity index (χ0n) is 14.2. The van der Waals surface area contributed by atoms with Gasteiger partial charge < -0.3 is 4.74 Å². The zero-order chi connectivity index (χ0) is 18.3. The lowest BCUT2D eigenvalue weighted by Crippen LogP contribution is -2.21. The van der Waals surface area contributed by atoms with E-state index in [1.165, 1.54) is 17.0 Å². The Morgan fingerprint density at radius 3 is 2.88 bits per heavy atom. The molecule has 2 heterocycles. The Morgan fingerprint density at radius 1 is 1.42 bits per heavy atom. The Bertz CT molecular complexity index is 990. The van der Waals surface area contributed by atoms with E-state index in [2.05, 4.69) is 4.98 Å². The van der Waals surface area contributed by atoms with Crippen molar-refractivity contribution >= 4 is 28.0 Å². The van der Waals surface area contributed by atoms with Crippen LogP contribution in [0.15, 0.2) is 30.5 Å². The molecule has 0 spiro atoms. The number of hydrogen-bond acceptors (Lipinski definition) is 6. The van der Waals surface area contributed by atoms with Crippen molar-refractivity contribution < 1.29 is 14.5 Å². The highest BCUT2D eigenvalue weighted by molar-refractivity contribution is 7.17. The minimum Gasteiger partial charge on any atom is -0.465 e. The number of ether oxygens (including phenoxy) is 1. The van der Waals surface area contributed by atoms with E-state index in [9.17, 15) is 14.9 Å². The molecule has 7 nitrogen and oxygen atoms in total. The molecule has 1 unspecified atom stereocenters. The summed E-state index contributed by atoms with van der Waals surface area (Å²) in [6.45, 7) is 2.19. The summed E-state index contributed by atoms with van der Waals surface area (Å²) in [4.78, 5) is 29.4. The highest BCUT2D eigenvalue weighted by atomic mass is 32.1. The van der Waals surface area contributed by atoms with Gasteiger partial charge in [-0.2, -0.15) is 0 Å². The van der Waals surface area contributed by atoms with Gasteiger partial charge in [-0.25, -0.2) is 4.98 Å². The molecule has 1 aliphatic carbocycles. The first-order chi connectivity index (χ1) is 12.6. The van der Waals surface area contributed by atoms with Crippen LogP contribution >= 0.6 is 11.3 Å². The van der Waals surface area contributed by atoms with E-state index in [-0.39, 0.29) is 17.6 Å². The summed E-state index contributed by atoms with van der Waals surface area (Å²) in [5.74, 6) is -0.440. The molecule has 0 saturated carbocycles. The number of carbonyl (C=O) groups is 1. The predicted molar refractivity (Wildman–Crippen MR) is 97.5 cm³/mol. The number of esters is 1. The van der Waals surface area contributed by atoms with Crippen LogP contribution in [0.1, 0.15) is 36.3 Å². The Hall–Kier alpha value is -2.74. The van der Waals surface area contributed by atoms with Crippen LogP contribution in [0.3, 0.4) is 0 Å². The number of carbonyl (C=O) groups excluding carboxylic acids is 1. The number of thiazole rings is 1. The quantitative estimate of drug-likeness (QED) is 0.394. The second-order valence-corrected chi connectivity index (χ2v) is 7.25. The van der Waals surface area contributed by atoms with Crippen LogP contribution in [-0.4, -0.2) is 26.9 Å². The van der Waals surface area contributed by atoms with Crippen molar-refractivity contribution in [3.05, 3.63) is 51.1 Å². The van der Waals surface area contributed by atoms with Crippen LogP contribution in [0.4, 0.5) is 5.69 Å². The summed E-state index contributed by atoms with van der Waals surface area (Å²) in [5, 5.41) is 10.8. The van der Waals surface area contributed by atoms with E-state index < -0.39 is 4.92 Å². The van der Waals surface area contributed by atoms with E-state index in [1.807, 2.05) is 17.5 Å². The monoisotopic (exact) mass is 371 g/mol. The van der Waals surface area contributed by atoms with Crippen LogP contribution in [-0.2, 0) is 16.0 Å². The molecule has 4 rings (SSSR count). The SMILES string of the molecule is CCOC(=O)C1CCCc2sc3nc(-c4ccc([N+](=O)[O-])cc4)cn3c21. The van der Waals surface area contributed by atoms with Gasteiger partial charge in [0.25, 0.3) is 5.69 Å². The molecular weight excluding hydrogens is 354 g/mol. The smallest absolute Gasteiger partial charge is 0.314 e. The van der Waals surface area contributed by atoms with Gasteiger partial charge in [0.05, 0.1) is 28.8 Å². The van der Waals surface area contributed by atoms with Gasteiger partial charge in [0.1, 0.15) is 0 Å². The fraction of sp³-hybridized carbons (Fsp3) is 0.333. The lowest BCUT2D eigenvalue weighted by molar-refractivity contribution is -0.384. The van der Waals surface area contributed by atoms with E-state index in [0.717, 1.165) is 41.2 Å². The van der Waals surface area contributed by atoms with Crippen molar-refractivity contribution in [3.8, 4) is 11.3 Å². The molecule has 2 aromatic heterocycles. The third-order valence-electron chi connectivity index (χ3n) is 4.60. The summed E-state index contributed by atoms with van der Waals surface area (Å²) in [6.07, 6.45) is 4.60. The van der Waals surface area contributed by atoms with E-state index in [4.69, 9.17) is 4.74 Å². The molecule has 3 aromatic rings. The number of aromatic nitrogens is 2. The van der Waals surface area contributed by atoms with Crippen LogP contribution in [0.5, 0.6) is 0 Å². The Morgan fingerprint density at radius 2 is 2.19 bits per heavy atom. The maximum atomic E-state index is 12.4. The minimum absolute atomic E-state index is 0.0505. The number of aryl methyl sites for hydroxylation is 1. The molecule has 1 aromatic carbocycles. The fourth-order valence-corrected chi connectivity index (χ4v) is 4.62. The van der Waals surface area contributed by atoms with Gasteiger partial charge in [-0.05, 0) is 38.3 Å². The Balaban J connectivity index is 1.75. The zero-order valence-corrected chi connectivity index (χ0v) is 15.0. The largest absolute Gasteiger partial charge is 0.465 e. The molecule has 0 saturated heterocycles. The number of imidazole rings is 1. The van der Waals surface area contributed by atoms with Gasteiger partial charge in [-0.3, -0.25) is 19.3 Å². The highest BCUT2D eigenvalue weighted by Crippen LogP contribution is 2.39. The fourth-order valence-electron chi connectivity index (χ4n) is 3.41. The van der Waals surface area contributed by atoms with Crippen LogP contribution in [0, 0.1) is 10.1 Å². The van der Waals surface area contributed by atoms with Gasteiger partial charge in [-0.1, -0.05) is 0 Å². The van der Waals surface area contributed by atoms with Crippen molar-refractivity contribution in [2.45, 2.75) is 32.1 Å². The minimum atomic E-state index is -0.421. The third kappa shape index (κ3) is 2.76. The number of non-ortho nitro benzene ring substituents is 1. The predicted octanol–water partition coefficient (Wildman–Crippen LogP) is 3.95. The number of rotatable bonds is 4. The van der Waals surface area contributed by atoms with Gasteiger partial charge in [0.15, 0.2) is 4.96 Å². The average molecular weight is 371 g/mol. The van der Waals surface area contributed by atoms with Gasteiger partial charge in [0.2, 0.25) is 0 Å². The van der Waals surface area contributed by atoms with Crippen LogP contribution in [0.2, 0.25) is 0 Å². The summed E-state index contributed by atoms with van der Waals surface area (Å²) in [6, 6.07) is 6.33. The second kappa shape index (κ2) is 6.53. The van der Waals surface area contributed by atoms with Gasteiger partial charge in [0, 0.05) is 28.8 Å². The van der Waals surface area contributed by atoms with Crippen LogP contribution in [0.25, 0.3) is 16.2 Å². The van der Waals surface area contributed by atoms with Gasteiger partial charge >= 0.3 is 5.97 Å². The normalized spacial score (nSPS) is 16.4. The van der Waals surface area contributed by atoms with E-state index >= 15 is 0 Å². The van der Waals surface area contributed by atoms with Crippen molar-refractivity contribution in [1.82, 2.24) is 9.38 Å². The summed E-state index contributed by atoms with van der Waals surface area (Å²) in [7, 11) is 0. The molecule has 0 N–H and O–H groups in total. The number of fused-ring (bicyclic) bond motifs is 3. The molecule has 0 aliphatic heterocycles. The molecule has 0 bridgehead atoms. The van der Waals surface area contributed by atoms with E-state index in [1.54, 1.807) is 23.5 Å². The molecular formula is C18H17N3O4S. The number of benzene rings is 1. The molecule has 0 amide bonds. The Kier molecular flexibility index (Phi) is 4.20. The summed E-state index contributed by atoms with van der Waals surface area (Å²) < 4.78 is 7.24. The molecule has 26 heavy (non-hydrogen) atoms. The number of nitro benzene ring substituents is 1. The molecule has 0 fully saturated rings.